The van der Waals surface area contributed by atoms with Gasteiger partial charge in [-0.3, -0.25) is 0 Å². The lowest BCUT2D eigenvalue weighted by atomic mass is 10.0. The summed E-state index contributed by atoms with van der Waals surface area (Å²) in [4.78, 5) is 0. The van der Waals surface area contributed by atoms with Gasteiger partial charge in [0.25, 0.3) is 0 Å². The first-order chi connectivity index (χ1) is 7.66. The molecule has 0 aliphatic carbocycles. The van der Waals surface area contributed by atoms with E-state index in [1.54, 1.807) is 6.07 Å². The van der Waals surface area contributed by atoms with Crippen molar-refractivity contribution in [3.05, 3.63) is 34.1 Å². The van der Waals surface area contributed by atoms with Crippen molar-refractivity contribution in [2.75, 3.05) is 0 Å². The minimum atomic E-state index is -0.235. The number of rotatable bonds is 6. The van der Waals surface area contributed by atoms with Gasteiger partial charge in [-0.2, -0.15) is 0 Å². The zero-order valence-electron chi connectivity index (χ0n) is 9.68. The van der Waals surface area contributed by atoms with Crippen LogP contribution in [-0.4, -0.2) is 0 Å². The minimum absolute atomic E-state index is 0.0677. The van der Waals surface area contributed by atoms with Gasteiger partial charge in [-0.1, -0.05) is 44.7 Å². The van der Waals surface area contributed by atoms with E-state index < -0.39 is 0 Å². The Morgan fingerprint density at radius 1 is 1.31 bits per heavy atom. The van der Waals surface area contributed by atoms with Crippen LogP contribution >= 0.6 is 15.9 Å². The highest BCUT2D eigenvalue weighted by Gasteiger charge is 2.12. The van der Waals surface area contributed by atoms with Crippen molar-refractivity contribution in [1.82, 2.24) is 0 Å². The molecule has 0 saturated carbocycles. The molecule has 3 heteroatoms. The van der Waals surface area contributed by atoms with Gasteiger partial charge in [-0.05, 0) is 34.0 Å². The normalized spacial score (nSPS) is 12.8. The maximum absolute atomic E-state index is 13.3. The SMILES string of the molecule is CCCCCCC(N)c1cccc(F)c1Br. The summed E-state index contributed by atoms with van der Waals surface area (Å²) in [5.74, 6) is -0.235. The van der Waals surface area contributed by atoms with E-state index in [4.69, 9.17) is 5.73 Å². The van der Waals surface area contributed by atoms with E-state index in [1.165, 1.54) is 25.3 Å². The Morgan fingerprint density at radius 3 is 2.75 bits per heavy atom. The molecule has 1 nitrogen and oxygen atoms in total. The van der Waals surface area contributed by atoms with Crippen molar-refractivity contribution in [2.24, 2.45) is 5.73 Å². The summed E-state index contributed by atoms with van der Waals surface area (Å²) in [6.45, 7) is 2.18. The van der Waals surface area contributed by atoms with E-state index in [0.717, 1.165) is 18.4 Å². The van der Waals surface area contributed by atoms with Crippen molar-refractivity contribution in [3.8, 4) is 0 Å². The lowest BCUT2D eigenvalue weighted by Crippen LogP contribution is -2.11. The van der Waals surface area contributed by atoms with Crippen LogP contribution < -0.4 is 5.73 Å². The Hall–Kier alpha value is -0.410. The number of unbranched alkanes of at least 4 members (excludes halogenated alkanes) is 3. The Labute approximate surface area is 105 Å². The maximum atomic E-state index is 13.3. The van der Waals surface area contributed by atoms with E-state index in [2.05, 4.69) is 22.9 Å². The number of benzene rings is 1. The molecule has 0 aliphatic heterocycles. The molecule has 0 aromatic heterocycles. The zero-order chi connectivity index (χ0) is 12.0. The standard InChI is InChI=1S/C13H19BrFN/c1-2-3-4-5-9-12(16)10-7-6-8-11(15)13(10)14/h6-8,12H,2-5,9,16H2,1H3. The largest absolute Gasteiger partial charge is 0.324 e. The molecule has 0 bridgehead atoms. The third kappa shape index (κ3) is 3.87. The number of hydrogen-bond donors (Lipinski definition) is 1. The van der Waals surface area contributed by atoms with Crippen LogP contribution in [0.15, 0.2) is 22.7 Å². The van der Waals surface area contributed by atoms with Gasteiger partial charge in [0.05, 0.1) is 4.47 Å². The van der Waals surface area contributed by atoms with Crippen LogP contribution in [0, 0.1) is 5.82 Å². The van der Waals surface area contributed by atoms with E-state index in [9.17, 15) is 4.39 Å². The predicted molar refractivity (Wildman–Crippen MR) is 69.8 cm³/mol. The first kappa shape index (κ1) is 13.7. The van der Waals surface area contributed by atoms with Gasteiger partial charge in [0, 0.05) is 6.04 Å². The molecule has 0 heterocycles. The minimum Gasteiger partial charge on any atom is -0.324 e. The summed E-state index contributed by atoms with van der Waals surface area (Å²) in [6, 6.07) is 4.97. The second-order valence-corrected chi connectivity index (χ2v) is 4.89. The molecule has 0 amide bonds. The van der Waals surface area contributed by atoms with E-state index >= 15 is 0 Å². The Bertz CT molecular complexity index is 328. The molecule has 90 valence electrons. The van der Waals surface area contributed by atoms with Gasteiger partial charge >= 0.3 is 0 Å². The molecule has 16 heavy (non-hydrogen) atoms. The first-order valence-electron chi connectivity index (χ1n) is 5.86. The van der Waals surface area contributed by atoms with Crippen LogP contribution in [0.2, 0.25) is 0 Å². The molecule has 0 radical (unpaired) electrons. The molecule has 0 fully saturated rings. The van der Waals surface area contributed by atoms with Crippen molar-refractivity contribution < 1.29 is 4.39 Å². The average Bonchev–Trinajstić information content (AvgIpc) is 2.28. The second-order valence-electron chi connectivity index (χ2n) is 4.10. The number of hydrogen-bond acceptors (Lipinski definition) is 1. The molecule has 0 spiro atoms. The Morgan fingerprint density at radius 2 is 2.06 bits per heavy atom. The zero-order valence-corrected chi connectivity index (χ0v) is 11.3. The summed E-state index contributed by atoms with van der Waals surface area (Å²) < 4.78 is 13.8. The smallest absolute Gasteiger partial charge is 0.137 e. The average molecular weight is 288 g/mol. The molecule has 1 unspecified atom stereocenters. The van der Waals surface area contributed by atoms with Crippen molar-refractivity contribution in [2.45, 2.75) is 45.1 Å². The highest BCUT2D eigenvalue weighted by atomic mass is 79.9. The fraction of sp³-hybridized carbons (Fsp3) is 0.538. The van der Waals surface area contributed by atoms with Crippen LogP contribution in [-0.2, 0) is 0 Å². The monoisotopic (exact) mass is 287 g/mol. The van der Waals surface area contributed by atoms with Gasteiger partial charge in [0.15, 0.2) is 0 Å². The lowest BCUT2D eigenvalue weighted by molar-refractivity contribution is 0.557. The van der Waals surface area contributed by atoms with Crippen molar-refractivity contribution in [3.63, 3.8) is 0 Å². The second kappa shape index (κ2) is 7.02. The van der Waals surface area contributed by atoms with Crippen LogP contribution in [0.1, 0.15) is 50.6 Å². The van der Waals surface area contributed by atoms with Gasteiger partial charge in [0.2, 0.25) is 0 Å². The van der Waals surface area contributed by atoms with Crippen molar-refractivity contribution in [1.29, 1.82) is 0 Å². The molecule has 0 saturated heterocycles. The third-order valence-corrected chi connectivity index (χ3v) is 3.59. The van der Waals surface area contributed by atoms with Crippen LogP contribution in [0.5, 0.6) is 0 Å². The third-order valence-electron chi connectivity index (χ3n) is 2.75. The molecule has 1 atom stereocenters. The summed E-state index contributed by atoms with van der Waals surface area (Å²) in [5.41, 5.74) is 6.92. The summed E-state index contributed by atoms with van der Waals surface area (Å²) >= 11 is 3.25. The number of halogens is 2. The van der Waals surface area contributed by atoms with E-state index in [1.807, 2.05) is 6.07 Å². The molecule has 1 aromatic carbocycles. The van der Waals surface area contributed by atoms with Gasteiger partial charge < -0.3 is 5.73 Å². The highest BCUT2D eigenvalue weighted by molar-refractivity contribution is 9.10. The molecular formula is C13H19BrFN. The first-order valence-corrected chi connectivity index (χ1v) is 6.65. The van der Waals surface area contributed by atoms with Crippen molar-refractivity contribution >= 4 is 15.9 Å². The fourth-order valence-electron chi connectivity index (χ4n) is 1.75. The summed E-state index contributed by atoms with van der Waals surface area (Å²) in [5, 5.41) is 0. The van der Waals surface area contributed by atoms with E-state index in [-0.39, 0.29) is 11.9 Å². The topological polar surface area (TPSA) is 26.0 Å². The molecular weight excluding hydrogens is 269 g/mol. The molecule has 2 N–H and O–H groups in total. The summed E-state index contributed by atoms with van der Waals surface area (Å²) in [7, 11) is 0. The van der Waals surface area contributed by atoms with Crippen LogP contribution in [0.3, 0.4) is 0 Å². The van der Waals surface area contributed by atoms with Gasteiger partial charge in [-0.25, -0.2) is 4.39 Å². The quantitative estimate of drug-likeness (QED) is 0.763. The fourth-order valence-corrected chi connectivity index (χ4v) is 2.31. The summed E-state index contributed by atoms with van der Waals surface area (Å²) in [6.07, 6.45) is 5.70. The van der Waals surface area contributed by atoms with E-state index in [0.29, 0.717) is 4.47 Å². The van der Waals surface area contributed by atoms with Gasteiger partial charge in [-0.15, -0.1) is 0 Å². The Kier molecular flexibility index (Phi) is 5.99. The maximum Gasteiger partial charge on any atom is 0.137 e. The molecule has 0 aliphatic rings. The highest BCUT2D eigenvalue weighted by Crippen LogP contribution is 2.27. The Balaban J connectivity index is 2.52. The van der Waals surface area contributed by atoms with Gasteiger partial charge in [0.1, 0.15) is 5.82 Å². The van der Waals surface area contributed by atoms with Crippen LogP contribution in [0.25, 0.3) is 0 Å². The predicted octanol–water partition coefficient (Wildman–Crippen LogP) is 4.56. The lowest BCUT2D eigenvalue weighted by Gasteiger charge is -2.14. The molecule has 1 rings (SSSR count). The van der Waals surface area contributed by atoms with Crippen LogP contribution in [0.4, 0.5) is 4.39 Å². The number of nitrogens with two attached hydrogens (primary N) is 1. The molecule has 1 aromatic rings.